The predicted octanol–water partition coefficient (Wildman–Crippen LogP) is 5.03. The number of alkyl halides is 3. The van der Waals surface area contributed by atoms with Gasteiger partial charge in [0, 0.05) is 42.8 Å². The first kappa shape index (κ1) is 18.8. The van der Waals surface area contributed by atoms with Crippen LogP contribution in [0.4, 0.5) is 24.5 Å². The number of likely N-dealkylation sites (tertiary alicyclic amines) is 1. The van der Waals surface area contributed by atoms with Crippen LogP contribution >= 0.6 is 0 Å². The van der Waals surface area contributed by atoms with Crippen molar-refractivity contribution in [3.05, 3.63) is 59.7 Å². The molecule has 1 amide bonds. The number of hydrogen-bond donors (Lipinski definition) is 0. The summed E-state index contributed by atoms with van der Waals surface area (Å²) in [5.74, 6) is 0.164. The number of hydrogen-bond acceptors (Lipinski definition) is 2. The summed E-state index contributed by atoms with van der Waals surface area (Å²) in [7, 11) is 0. The van der Waals surface area contributed by atoms with Gasteiger partial charge in [-0.25, -0.2) is 0 Å². The fourth-order valence-corrected chi connectivity index (χ4v) is 4.51. The first-order chi connectivity index (χ1) is 13.3. The van der Waals surface area contributed by atoms with Crippen LogP contribution in [0.3, 0.4) is 0 Å². The summed E-state index contributed by atoms with van der Waals surface area (Å²) >= 11 is 0. The van der Waals surface area contributed by atoms with Gasteiger partial charge in [-0.3, -0.25) is 4.79 Å². The van der Waals surface area contributed by atoms with Crippen LogP contribution < -0.4 is 4.90 Å². The second-order valence-corrected chi connectivity index (χ2v) is 7.86. The number of benzene rings is 2. The van der Waals surface area contributed by atoms with Crippen molar-refractivity contribution in [3.8, 4) is 0 Å². The monoisotopic (exact) mass is 388 g/mol. The molecular weight excluding hydrogens is 365 g/mol. The number of nitrogens with zero attached hydrogens (tertiary/aromatic N) is 2. The van der Waals surface area contributed by atoms with E-state index in [2.05, 4.69) is 11.0 Å². The standard InChI is InChI=1S/C22H23F3N2O/c1-2-20(28)26-12-11-21(14-26)13-16-5-3-4-6-19(16)27(15-21)18-9-7-17(8-10-18)22(23,24)25/h3-10H,2,11-15H2,1H3/t21-/m1/s1. The second kappa shape index (κ2) is 6.83. The van der Waals surface area contributed by atoms with Crippen molar-refractivity contribution in [2.45, 2.75) is 32.4 Å². The fourth-order valence-electron chi connectivity index (χ4n) is 4.51. The van der Waals surface area contributed by atoms with E-state index < -0.39 is 11.7 Å². The number of amides is 1. The van der Waals surface area contributed by atoms with E-state index in [1.54, 1.807) is 12.1 Å². The highest BCUT2D eigenvalue weighted by atomic mass is 19.4. The van der Waals surface area contributed by atoms with Gasteiger partial charge in [-0.05, 0) is 48.7 Å². The fraction of sp³-hybridized carbons (Fsp3) is 0.409. The van der Waals surface area contributed by atoms with Crippen LogP contribution in [0, 0.1) is 5.41 Å². The van der Waals surface area contributed by atoms with E-state index in [1.807, 2.05) is 30.0 Å². The number of carbonyl (C=O) groups excluding carboxylic acids is 1. The molecule has 4 rings (SSSR count). The average molecular weight is 388 g/mol. The molecule has 28 heavy (non-hydrogen) atoms. The minimum absolute atomic E-state index is 0.0676. The highest BCUT2D eigenvalue weighted by Gasteiger charge is 2.44. The van der Waals surface area contributed by atoms with Gasteiger partial charge in [0.25, 0.3) is 0 Å². The Morgan fingerprint density at radius 1 is 1.07 bits per heavy atom. The first-order valence-corrected chi connectivity index (χ1v) is 9.62. The van der Waals surface area contributed by atoms with Crippen molar-refractivity contribution >= 4 is 17.3 Å². The molecule has 0 bridgehead atoms. The molecule has 0 N–H and O–H groups in total. The molecular formula is C22H23F3N2O. The SMILES string of the molecule is CCC(=O)N1CC[C@@]2(Cc3ccccc3N(c3ccc(C(F)(F)F)cc3)C2)C1. The highest BCUT2D eigenvalue weighted by Crippen LogP contribution is 2.45. The lowest BCUT2D eigenvalue weighted by atomic mass is 9.76. The second-order valence-electron chi connectivity index (χ2n) is 7.86. The molecule has 0 radical (unpaired) electrons. The van der Waals surface area contributed by atoms with Crippen molar-refractivity contribution in [2.24, 2.45) is 5.41 Å². The average Bonchev–Trinajstić information content (AvgIpc) is 3.09. The minimum atomic E-state index is -4.34. The third-order valence-corrected chi connectivity index (χ3v) is 5.94. The van der Waals surface area contributed by atoms with Gasteiger partial charge < -0.3 is 9.80 Å². The number of rotatable bonds is 2. The van der Waals surface area contributed by atoms with Gasteiger partial charge >= 0.3 is 6.18 Å². The molecule has 148 valence electrons. The molecule has 1 fully saturated rings. The maximum Gasteiger partial charge on any atom is 0.416 e. The lowest BCUT2D eigenvalue weighted by molar-refractivity contribution is -0.137. The van der Waals surface area contributed by atoms with E-state index in [-0.39, 0.29) is 11.3 Å². The summed E-state index contributed by atoms with van der Waals surface area (Å²) in [6, 6.07) is 13.4. The molecule has 0 aromatic heterocycles. The summed E-state index contributed by atoms with van der Waals surface area (Å²) in [5, 5.41) is 0. The third kappa shape index (κ3) is 3.36. The molecule has 0 unspecified atom stereocenters. The van der Waals surface area contributed by atoms with Crippen molar-refractivity contribution < 1.29 is 18.0 Å². The Morgan fingerprint density at radius 3 is 2.46 bits per heavy atom. The Morgan fingerprint density at radius 2 is 1.79 bits per heavy atom. The van der Waals surface area contributed by atoms with Crippen molar-refractivity contribution in [1.29, 1.82) is 0 Å². The van der Waals surface area contributed by atoms with Crippen molar-refractivity contribution in [2.75, 3.05) is 24.5 Å². The Bertz CT molecular complexity index is 878. The van der Waals surface area contributed by atoms with Crippen LogP contribution in [0.25, 0.3) is 0 Å². The molecule has 1 spiro atoms. The van der Waals surface area contributed by atoms with Crippen LogP contribution in [0.2, 0.25) is 0 Å². The Hall–Kier alpha value is -2.50. The molecule has 2 aliphatic heterocycles. The zero-order valence-electron chi connectivity index (χ0n) is 15.8. The number of para-hydroxylation sites is 1. The maximum absolute atomic E-state index is 12.9. The number of halogens is 3. The summed E-state index contributed by atoms with van der Waals surface area (Å²) in [6.45, 7) is 4.02. The number of fused-ring (bicyclic) bond motifs is 1. The normalized spacial score (nSPS) is 21.9. The number of carbonyl (C=O) groups is 1. The molecule has 2 aromatic carbocycles. The smallest absolute Gasteiger partial charge is 0.342 e. The third-order valence-electron chi connectivity index (χ3n) is 5.94. The van der Waals surface area contributed by atoms with E-state index >= 15 is 0 Å². The van der Waals surface area contributed by atoms with Gasteiger partial charge in [-0.15, -0.1) is 0 Å². The van der Waals surface area contributed by atoms with Crippen LogP contribution in [0.1, 0.15) is 30.9 Å². The minimum Gasteiger partial charge on any atom is -0.342 e. The summed E-state index contributed by atoms with van der Waals surface area (Å²) < 4.78 is 38.8. The molecule has 0 saturated carbocycles. The van der Waals surface area contributed by atoms with Gasteiger partial charge in [0.1, 0.15) is 0 Å². The molecule has 2 aromatic rings. The summed E-state index contributed by atoms with van der Waals surface area (Å²) in [5.41, 5.74) is 2.26. The van der Waals surface area contributed by atoms with E-state index in [1.165, 1.54) is 5.56 Å². The Kier molecular flexibility index (Phi) is 4.60. The molecule has 0 aliphatic carbocycles. The molecule has 1 saturated heterocycles. The highest BCUT2D eigenvalue weighted by molar-refractivity contribution is 5.76. The van der Waals surface area contributed by atoms with E-state index in [0.29, 0.717) is 19.5 Å². The lowest BCUT2D eigenvalue weighted by Gasteiger charge is -2.42. The number of anilines is 2. The molecule has 3 nitrogen and oxygen atoms in total. The van der Waals surface area contributed by atoms with Crippen LogP contribution in [0.15, 0.2) is 48.5 Å². The van der Waals surface area contributed by atoms with Crippen LogP contribution in [-0.4, -0.2) is 30.4 Å². The van der Waals surface area contributed by atoms with Crippen LogP contribution in [-0.2, 0) is 17.4 Å². The molecule has 6 heteroatoms. The van der Waals surface area contributed by atoms with Gasteiger partial charge in [0.15, 0.2) is 0 Å². The first-order valence-electron chi connectivity index (χ1n) is 9.62. The van der Waals surface area contributed by atoms with Gasteiger partial charge in [-0.1, -0.05) is 25.1 Å². The Labute approximate surface area is 162 Å². The van der Waals surface area contributed by atoms with E-state index in [4.69, 9.17) is 0 Å². The molecule has 1 atom stereocenters. The van der Waals surface area contributed by atoms with Crippen molar-refractivity contribution in [1.82, 2.24) is 4.90 Å². The van der Waals surface area contributed by atoms with Gasteiger partial charge in [0.05, 0.1) is 5.56 Å². The van der Waals surface area contributed by atoms with E-state index in [9.17, 15) is 18.0 Å². The predicted molar refractivity (Wildman–Crippen MR) is 103 cm³/mol. The lowest BCUT2D eigenvalue weighted by Crippen LogP contribution is -2.44. The molecule has 2 heterocycles. The zero-order valence-corrected chi connectivity index (χ0v) is 15.8. The summed E-state index contributed by atoms with van der Waals surface area (Å²) in [6.07, 6.45) is -2.06. The topological polar surface area (TPSA) is 23.6 Å². The maximum atomic E-state index is 12.9. The molecule has 2 aliphatic rings. The summed E-state index contributed by atoms with van der Waals surface area (Å²) in [4.78, 5) is 16.2. The van der Waals surface area contributed by atoms with Crippen molar-refractivity contribution in [3.63, 3.8) is 0 Å². The van der Waals surface area contributed by atoms with Crippen LogP contribution in [0.5, 0.6) is 0 Å². The quantitative estimate of drug-likeness (QED) is 0.721. The van der Waals surface area contributed by atoms with Gasteiger partial charge in [-0.2, -0.15) is 13.2 Å². The largest absolute Gasteiger partial charge is 0.416 e. The zero-order chi connectivity index (χ0) is 19.9. The van der Waals surface area contributed by atoms with Gasteiger partial charge in [0.2, 0.25) is 5.91 Å². The Balaban J connectivity index is 1.68. The van der Waals surface area contributed by atoms with E-state index in [0.717, 1.165) is 42.9 Å².